The highest BCUT2D eigenvalue weighted by molar-refractivity contribution is 5.92. The van der Waals surface area contributed by atoms with E-state index in [0.717, 1.165) is 17.7 Å². The molecule has 1 aromatic carbocycles. The highest BCUT2D eigenvalue weighted by atomic mass is 16.4. The van der Waals surface area contributed by atoms with E-state index in [1.54, 1.807) is 6.07 Å². The van der Waals surface area contributed by atoms with Gasteiger partial charge in [-0.15, -0.1) is 0 Å². The van der Waals surface area contributed by atoms with Crippen LogP contribution in [0.4, 0.5) is 5.69 Å². The zero-order chi connectivity index (χ0) is 12.0. The summed E-state index contributed by atoms with van der Waals surface area (Å²) in [5.74, 6) is -1.51. The second kappa shape index (κ2) is 5.90. The van der Waals surface area contributed by atoms with Crippen LogP contribution in [0.15, 0.2) is 24.3 Å². The predicted octanol–water partition coefficient (Wildman–Crippen LogP) is 0.718. The summed E-state index contributed by atoms with van der Waals surface area (Å²) in [6.07, 6.45) is 0.511. The molecule has 0 fully saturated rings. The summed E-state index contributed by atoms with van der Waals surface area (Å²) >= 11 is 0. The topological polar surface area (TPSA) is 69.2 Å². The van der Waals surface area contributed by atoms with Gasteiger partial charge in [0.05, 0.1) is 0 Å². The zero-order valence-corrected chi connectivity index (χ0v) is 9.16. The van der Waals surface area contributed by atoms with Crippen molar-refractivity contribution in [2.75, 3.05) is 5.32 Å². The molecule has 16 heavy (non-hydrogen) atoms. The number of carboxylic acid groups (broad SMARTS) is 1. The average Bonchev–Trinajstić information content (AvgIpc) is 2.27. The maximum Gasteiger partial charge on any atom is 0.224 e. The minimum atomic E-state index is -1.21. The van der Waals surface area contributed by atoms with E-state index >= 15 is 0 Å². The van der Waals surface area contributed by atoms with Crippen molar-refractivity contribution in [1.29, 1.82) is 0 Å². The molecule has 0 spiro atoms. The molecule has 0 aliphatic heterocycles. The van der Waals surface area contributed by atoms with Gasteiger partial charge in [-0.1, -0.05) is 25.1 Å². The minimum Gasteiger partial charge on any atom is -0.550 e. The standard InChI is InChI=1S/C12H15NO3/c1-2-9-5-3-4-6-10(9)13-11(14)7-8-12(15)16/h3-6H,2,7-8H2,1H3,(H,13,14)(H,15,16)/p-1. The average molecular weight is 220 g/mol. The van der Waals surface area contributed by atoms with Gasteiger partial charge < -0.3 is 15.2 Å². The van der Waals surface area contributed by atoms with Gasteiger partial charge in [0, 0.05) is 18.1 Å². The van der Waals surface area contributed by atoms with Crippen molar-refractivity contribution in [3.63, 3.8) is 0 Å². The second-order valence-electron chi connectivity index (χ2n) is 3.43. The molecule has 0 saturated carbocycles. The number of amides is 1. The van der Waals surface area contributed by atoms with Gasteiger partial charge in [0.15, 0.2) is 0 Å². The molecule has 86 valence electrons. The van der Waals surface area contributed by atoms with Crippen LogP contribution < -0.4 is 10.4 Å². The lowest BCUT2D eigenvalue weighted by Gasteiger charge is -2.09. The Morgan fingerprint density at radius 2 is 1.94 bits per heavy atom. The van der Waals surface area contributed by atoms with Gasteiger partial charge in [0.2, 0.25) is 5.91 Å². The number of rotatable bonds is 5. The number of para-hydroxylation sites is 1. The quantitative estimate of drug-likeness (QED) is 0.794. The van der Waals surface area contributed by atoms with Gasteiger partial charge >= 0.3 is 0 Å². The van der Waals surface area contributed by atoms with E-state index in [9.17, 15) is 14.7 Å². The number of anilines is 1. The molecule has 4 nitrogen and oxygen atoms in total. The van der Waals surface area contributed by atoms with Crippen molar-refractivity contribution in [2.45, 2.75) is 26.2 Å². The zero-order valence-electron chi connectivity index (χ0n) is 9.16. The van der Waals surface area contributed by atoms with Crippen molar-refractivity contribution >= 4 is 17.6 Å². The molecule has 0 heterocycles. The minimum absolute atomic E-state index is 0.0552. The maximum absolute atomic E-state index is 11.4. The molecule has 1 amide bonds. The Labute approximate surface area is 94.3 Å². The summed E-state index contributed by atoms with van der Waals surface area (Å²) in [6.45, 7) is 1.99. The molecule has 1 aromatic rings. The summed E-state index contributed by atoms with van der Waals surface area (Å²) in [4.78, 5) is 21.6. The number of hydrogen-bond donors (Lipinski definition) is 1. The van der Waals surface area contributed by atoms with Gasteiger partial charge in [0.1, 0.15) is 0 Å². The summed E-state index contributed by atoms with van der Waals surface area (Å²) in [6, 6.07) is 7.45. The monoisotopic (exact) mass is 220 g/mol. The number of carboxylic acids is 1. The van der Waals surface area contributed by atoms with Gasteiger partial charge in [-0.2, -0.15) is 0 Å². The molecule has 0 bridgehead atoms. The summed E-state index contributed by atoms with van der Waals surface area (Å²) in [5.41, 5.74) is 1.78. The number of aliphatic carboxylic acids is 1. The molecule has 0 aliphatic carbocycles. The Kier molecular flexibility index (Phi) is 4.51. The second-order valence-corrected chi connectivity index (χ2v) is 3.43. The van der Waals surface area contributed by atoms with E-state index in [1.807, 2.05) is 25.1 Å². The van der Waals surface area contributed by atoms with Crippen molar-refractivity contribution in [2.24, 2.45) is 0 Å². The Balaban J connectivity index is 2.58. The molecular weight excluding hydrogens is 206 g/mol. The Morgan fingerprint density at radius 3 is 2.56 bits per heavy atom. The molecule has 0 unspecified atom stereocenters. The van der Waals surface area contributed by atoms with E-state index < -0.39 is 5.97 Å². The number of aryl methyl sites for hydroxylation is 1. The van der Waals surface area contributed by atoms with Gasteiger partial charge in [-0.25, -0.2) is 0 Å². The van der Waals surface area contributed by atoms with Gasteiger partial charge in [0.25, 0.3) is 0 Å². The summed E-state index contributed by atoms with van der Waals surface area (Å²) in [7, 11) is 0. The first-order valence-corrected chi connectivity index (χ1v) is 5.21. The fraction of sp³-hybridized carbons (Fsp3) is 0.333. The van der Waals surface area contributed by atoms with E-state index in [-0.39, 0.29) is 18.7 Å². The Bertz CT molecular complexity index is 388. The number of nitrogens with one attached hydrogen (secondary N) is 1. The normalized spacial score (nSPS) is 9.81. The third-order valence-electron chi connectivity index (χ3n) is 2.23. The number of benzene rings is 1. The van der Waals surface area contributed by atoms with Crippen LogP contribution >= 0.6 is 0 Å². The van der Waals surface area contributed by atoms with Crippen LogP contribution in [-0.4, -0.2) is 11.9 Å². The van der Waals surface area contributed by atoms with E-state index in [4.69, 9.17) is 0 Å². The van der Waals surface area contributed by atoms with Crippen molar-refractivity contribution in [3.05, 3.63) is 29.8 Å². The molecule has 0 atom stereocenters. The SMILES string of the molecule is CCc1ccccc1NC(=O)CCC(=O)[O-]. The predicted molar refractivity (Wildman–Crippen MR) is 58.7 cm³/mol. The van der Waals surface area contributed by atoms with E-state index in [0.29, 0.717) is 0 Å². The molecule has 0 radical (unpaired) electrons. The lowest BCUT2D eigenvalue weighted by molar-refractivity contribution is -0.305. The largest absolute Gasteiger partial charge is 0.550 e. The molecule has 1 N–H and O–H groups in total. The lowest BCUT2D eigenvalue weighted by Crippen LogP contribution is -2.24. The Hall–Kier alpha value is -1.84. The maximum atomic E-state index is 11.4. The molecule has 0 aromatic heterocycles. The van der Waals surface area contributed by atoms with E-state index in [2.05, 4.69) is 5.32 Å². The molecule has 0 saturated heterocycles. The first-order chi connectivity index (χ1) is 7.63. The van der Waals surface area contributed by atoms with Crippen molar-refractivity contribution in [3.8, 4) is 0 Å². The van der Waals surface area contributed by atoms with Crippen LogP contribution in [0.1, 0.15) is 25.3 Å². The number of hydrogen-bond acceptors (Lipinski definition) is 3. The highest BCUT2D eigenvalue weighted by Gasteiger charge is 2.05. The van der Waals surface area contributed by atoms with Crippen LogP contribution in [0.3, 0.4) is 0 Å². The number of carbonyl (C=O) groups is 2. The number of carbonyl (C=O) groups excluding carboxylic acids is 2. The third-order valence-corrected chi connectivity index (χ3v) is 2.23. The molecular formula is C12H14NO3-. The lowest BCUT2D eigenvalue weighted by atomic mass is 10.1. The van der Waals surface area contributed by atoms with Gasteiger partial charge in [-0.05, 0) is 24.5 Å². The van der Waals surface area contributed by atoms with E-state index in [1.165, 1.54) is 0 Å². The van der Waals surface area contributed by atoms with Crippen LogP contribution in [0.25, 0.3) is 0 Å². The fourth-order valence-electron chi connectivity index (χ4n) is 1.38. The molecule has 0 aliphatic rings. The summed E-state index contributed by atoms with van der Waals surface area (Å²) < 4.78 is 0. The first-order valence-electron chi connectivity index (χ1n) is 5.21. The van der Waals surface area contributed by atoms with Gasteiger partial charge in [-0.3, -0.25) is 4.79 Å². The first kappa shape index (κ1) is 12.2. The fourth-order valence-corrected chi connectivity index (χ4v) is 1.38. The van der Waals surface area contributed by atoms with Crippen LogP contribution in [0.2, 0.25) is 0 Å². The van der Waals surface area contributed by atoms with Crippen LogP contribution in [0.5, 0.6) is 0 Å². The van der Waals surface area contributed by atoms with Crippen molar-refractivity contribution < 1.29 is 14.7 Å². The molecule has 1 rings (SSSR count). The highest BCUT2D eigenvalue weighted by Crippen LogP contribution is 2.15. The summed E-state index contributed by atoms with van der Waals surface area (Å²) in [5, 5.41) is 12.9. The Morgan fingerprint density at radius 1 is 1.25 bits per heavy atom. The molecule has 4 heteroatoms. The van der Waals surface area contributed by atoms with Crippen molar-refractivity contribution in [1.82, 2.24) is 0 Å². The smallest absolute Gasteiger partial charge is 0.224 e. The van der Waals surface area contributed by atoms with Crippen LogP contribution in [0, 0.1) is 0 Å². The third kappa shape index (κ3) is 3.73. The van der Waals surface area contributed by atoms with Crippen LogP contribution in [-0.2, 0) is 16.0 Å².